The minimum atomic E-state index is -0.639. The summed E-state index contributed by atoms with van der Waals surface area (Å²) < 4.78 is 12.6. The molecule has 1 aliphatic heterocycles. The van der Waals surface area contributed by atoms with E-state index in [-0.39, 0.29) is 23.2 Å². The highest BCUT2D eigenvalue weighted by Gasteiger charge is 2.35. The quantitative estimate of drug-likeness (QED) is 0.410. The molecule has 0 radical (unpaired) electrons. The predicted molar refractivity (Wildman–Crippen MR) is 124 cm³/mol. The maximum Gasteiger partial charge on any atom is 0.261 e. The summed E-state index contributed by atoms with van der Waals surface area (Å²) in [5, 5.41) is 2.99. The number of carbonyl (C=O) groups excluding carboxylic acids is 3. The maximum absolute atomic E-state index is 13.3. The number of aromatic nitrogens is 2. The standard InChI is InChI=1S/C25H24N4O5/c1-5-9-29-24(31)19-7-6-15(13-20(19)25(29)32)23(30)27-21(22-26-8-10-28(22)2)16-11-17(33-3)14-18(12-16)34-4/h5-8,10-14,21H,1,9H2,2-4H3,(H,27,30)/t21-/m1/s1. The van der Waals surface area contributed by atoms with Crippen molar-refractivity contribution in [2.24, 2.45) is 7.05 Å². The number of aryl methyl sites for hydroxylation is 1. The smallest absolute Gasteiger partial charge is 0.261 e. The molecule has 34 heavy (non-hydrogen) atoms. The highest BCUT2D eigenvalue weighted by Crippen LogP contribution is 2.30. The van der Waals surface area contributed by atoms with Crippen LogP contribution >= 0.6 is 0 Å². The topological polar surface area (TPSA) is 103 Å². The van der Waals surface area contributed by atoms with Crippen molar-refractivity contribution in [3.05, 3.63) is 89.5 Å². The molecular weight excluding hydrogens is 436 g/mol. The van der Waals surface area contributed by atoms with Gasteiger partial charge in [0.25, 0.3) is 17.7 Å². The van der Waals surface area contributed by atoms with E-state index in [0.717, 1.165) is 4.90 Å². The molecular formula is C25H24N4O5. The normalized spacial score (nSPS) is 13.4. The summed E-state index contributed by atoms with van der Waals surface area (Å²) in [4.78, 5) is 44.0. The Kier molecular flexibility index (Phi) is 6.18. The second-order valence-electron chi connectivity index (χ2n) is 7.72. The zero-order valence-electron chi connectivity index (χ0n) is 19.1. The second kappa shape index (κ2) is 9.22. The molecule has 0 spiro atoms. The lowest BCUT2D eigenvalue weighted by molar-refractivity contribution is 0.0672. The molecule has 3 aromatic rings. The van der Waals surface area contributed by atoms with E-state index in [1.165, 1.54) is 24.3 Å². The van der Waals surface area contributed by atoms with Gasteiger partial charge in [0.15, 0.2) is 0 Å². The van der Waals surface area contributed by atoms with E-state index in [0.29, 0.717) is 22.9 Å². The summed E-state index contributed by atoms with van der Waals surface area (Å²) in [7, 11) is 4.92. The van der Waals surface area contributed by atoms with Crippen molar-refractivity contribution in [2.75, 3.05) is 20.8 Å². The lowest BCUT2D eigenvalue weighted by Crippen LogP contribution is -2.31. The Bertz CT molecular complexity index is 1270. The number of imidazole rings is 1. The average Bonchev–Trinajstić information content (AvgIpc) is 3.38. The molecule has 1 aliphatic rings. The molecule has 9 heteroatoms. The van der Waals surface area contributed by atoms with Crippen LogP contribution in [0, 0.1) is 0 Å². The van der Waals surface area contributed by atoms with Gasteiger partial charge in [-0.15, -0.1) is 6.58 Å². The fraction of sp³-hybridized carbons (Fsp3) is 0.200. The van der Waals surface area contributed by atoms with Gasteiger partial charge < -0.3 is 19.4 Å². The third-order valence-electron chi connectivity index (χ3n) is 5.64. The van der Waals surface area contributed by atoms with Gasteiger partial charge in [-0.1, -0.05) is 6.08 Å². The van der Waals surface area contributed by atoms with Gasteiger partial charge in [-0.2, -0.15) is 0 Å². The van der Waals surface area contributed by atoms with Crippen molar-refractivity contribution in [1.82, 2.24) is 19.8 Å². The van der Waals surface area contributed by atoms with Crippen LogP contribution in [0.15, 0.2) is 61.4 Å². The number of methoxy groups -OCH3 is 2. The van der Waals surface area contributed by atoms with Crippen molar-refractivity contribution in [2.45, 2.75) is 6.04 Å². The third-order valence-corrected chi connectivity index (χ3v) is 5.64. The molecule has 0 saturated carbocycles. The van der Waals surface area contributed by atoms with Crippen molar-refractivity contribution in [3.8, 4) is 11.5 Å². The Morgan fingerprint density at radius 3 is 2.35 bits per heavy atom. The Hall–Kier alpha value is -4.40. The molecule has 2 aromatic carbocycles. The second-order valence-corrected chi connectivity index (χ2v) is 7.72. The predicted octanol–water partition coefficient (Wildman–Crippen LogP) is 2.74. The van der Waals surface area contributed by atoms with Gasteiger partial charge in [0.2, 0.25) is 0 Å². The number of amides is 3. The van der Waals surface area contributed by atoms with E-state index >= 15 is 0 Å². The maximum atomic E-state index is 13.3. The van der Waals surface area contributed by atoms with Crippen LogP contribution < -0.4 is 14.8 Å². The molecule has 0 unspecified atom stereocenters. The zero-order chi connectivity index (χ0) is 24.4. The third kappa shape index (κ3) is 4.03. The number of hydrogen-bond donors (Lipinski definition) is 1. The summed E-state index contributed by atoms with van der Waals surface area (Å²) in [5.41, 5.74) is 1.40. The molecule has 4 rings (SSSR count). The van der Waals surface area contributed by atoms with Crippen LogP contribution in [-0.4, -0.2) is 52.9 Å². The zero-order valence-corrected chi connectivity index (χ0v) is 19.1. The number of benzene rings is 2. The number of rotatable bonds is 8. The van der Waals surface area contributed by atoms with Gasteiger partial charge in [0.05, 0.1) is 25.3 Å². The van der Waals surface area contributed by atoms with Crippen LogP contribution in [-0.2, 0) is 7.05 Å². The Morgan fingerprint density at radius 2 is 1.76 bits per heavy atom. The van der Waals surface area contributed by atoms with E-state index in [4.69, 9.17) is 9.47 Å². The summed E-state index contributed by atoms with van der Waals surface area (Å²) in [6.45, 7) is 3.69. The molecule has 2 heterocycles. The molecule has 9 nitrogen and oxygen atoms in total. The number of nitrogens with one attached hydrogen (secondary N) is 1. The number of imide groups is 1. The molecule has 1 aromatic heterocycles. The van der Waals surface area contributed by atoms with Gasteiger partial charge in [0, 0.05) is 37.6 Å². The minimum Gasteiger partial charge on any atom is -0.497 e. The minimum absolute atomic E-state index is 0.104. The number of nitrogens with zero attached hydrogens (tertiary/aromatic N) is 3. The molecule has 174 valence electrons. The fourth-order valence-electron chi connectivity index (χ4n) is 3.89. The fourth-order valence-corrected chi connectivity index (χ4v) is 3.89. The number of fused-ring (bicyclic) bond motifs is 1. The van der Waals surface area contributed by atoms with Crippen molar-refractivity contribution >= 4 is 17.7 Å². The van der Waals surface area contributed by atoms with Gasteiger partial charge in [-0.25, -0.2) is 4.98 Å². The van der Waals surface area contributed by atoms with Gasteiger partial charge >= 0.3 is 0 Å². The molecule has 0 bridgehead atoms. The van der Waals surface area contributed by atoms with Gasteiger partial charge in [-0.3, -0.25) is 19.3 Å². The Labute approximate surface area is 196 Å². The van der Waals surface area contributed by atoms with Crippen LogP contribution in [0.2, 0.25) is 0 Å². The van der Waals surface area contributed by atoms with Crippen LogP contribution in [0.1, 0.15) is 48.5 Å². The molecule has 0 saturated heterocycles. The number of hydrogen-bond acceptors (Lipinski definition) is 6. The van der Waals surface area contributed by atoms with Crippen LogP contribution in [0.25, 0.3) is 0 Å². The van der Waals surface area contributed by atoms with Gasteiger partial charge in [0.1, 0.15) is 23.4 Å². The largest absolute Gasteiger partial charge is 0.497 e. The first-order valence-corrected chi connectivity index (χ1v) is 10.5. The van der Waals surface area contributed by atoms with Crippen LogP contribution in [0.3, 0.4) is 0 Å². The first-order chi connectivity index (χ1) is 16.4. The lowest BCUT2D eigenvalue weighted by atomic mass is 10.0. The Morgan fingerprint density at radius 1 is 1.09 bits per heavy atom. The monoisotopic (exact) mass is 460 g/mol. The average molecular weight is 460 g/mol. The summed E-state index contributed by atoms with van der Waals surface area (Å²) in [6.07, 6.45) is 4.90. The van der Waals surface area contributed by atoms with E-state index in [2.05, 4.69) is 16.9 Å². The summed E-state index contributed by atoms with van der Waals surface area (Å²) in [6, 6.07) is 9.14. The van der Waals surface area contributed by atoms with Crippen LogP contribution in [0.4, 0.5) is 0 Å². The summed E-state index contributed by atoms with van der Waals surface area (Å²) in [5.74, 6) is 0.431. The van der Waals surface area contributed by atoms with Crippen molar-refractivity contribution in [3.63, 3.8) is 0 Å². The van der Waals surface area contributed by atoms with Crippen LogP contribution in [0.5, 0.6) is 11.5 Å². The van der Waals surface area contributed by atoms with E-state index in [9.17, 15) is 14.4 Å². The first-order valence-electron chi connectivity index (χ1n) is 10.5. The van der Waals surface area contributed by atoms with E-state index < -0.39 is 23.8 Å². The summed E-state index contributed by atoms with van der Waals surface area (Å²) >= 11 is 0. The van der Waals surface area contributed by atoms with E-state index in [1.807, 2.05) is 7.05 Å². The lowest BCUT2D eigenvalue weighted by Gasteiger charge is -2.20. The van der Waals surface area contributed by atoms with Gasteiger partial charge in [-0.05, 0) is 35.9 Å². The molecule has 0 aliphatic carbocycles. The SMILES string of the molecule is C=CCN1C(=O)c2ccc(C(=O)N[C@H](c3cc(OC)cc(OC)c3)c3nccn3C)cc2C1=O. The Balaban J connectivity index is 1.70. The highest BCUT2D eigenvalue weighted by atomic mass is 16.5. The first kappa shape index (κ1) is 22.8. The molecule has 3 amide bonds. The van der Waals surface area contributed by atoms with Crippen molar-refractivity contribution in [1.29, 1.82) is 0 Å². The molecule has 0 fully saturated rings. The van der Waals surface area contributed by atoms with E-state index in [1.54, 1.807) is 49.4 Å². The molecule has 1 N–H and O–H groups in total. The van der Waals surface area contributed by atoms with Crippen molar-refractivity contribution < 1.29 is 23.9 Å². The number of carbonyl (C=O) groups is 3. The molecule has 1 atom stereocenters. The highest BCUT2D eigenvalue weighted by molar-refractivity contribution is 6.22. The number of ether oxygens (including phenoxy) is 2.